The molecule has 0 saturated carbocycles. The largest absolute Gasteiger partial charge is 0.490 e. The number of aliphatic carboxylic acids is 1. The highest BCUT2D eigenvalue weighted by Crippen LogP contribution is 2.32. The van der Waals surface area contributed by atoms with E-state index in [-0.39, 0.29) is 0 Å². The molecule has 0 saturated heterocycles. The zero-order valence-corrected chi connectivity index (χ0v) is 15.7. The number of thiophene rings is 1. The van der Waals surface area contributed by atoms with Crippen molar-refractivity contribution in [2.45, 2.75) is 45.4 Å². The first-order valence-electron chi connectivity index (χ1n) is 8.80. The Balaban J connectivity index is 2.12. The highest BCUT2D eigenvalue weighted by molar-refractivity contribution is 7.10. The molecule has 1 atom stereocenters. The summed E-state index contributed by atoms with van der Waals surface area (Å²) in [6.07, 6.45) is 3.75. The molecule has 5 heteroatoms. The minimum absolute atomic E-state index is 0.437. The summed E-state index contributed by atoms with van der Waals surface area (Å²) in [6.45, 7) is 5.30. The van der Waals surface area contributed by atoms with Crippen LogP contribution in [0, 0.1) is 0 Å². The van der Waals surface area contributed by atoms with E-state index in [9.17, 15) is 9.90 Å². The topological polar surface area (TPSA) is 55.8 Å². The van der Waals surface area contributed by atoms with E-state index in [1.165, 1.54) is 11.3 Å². The molecule has 0 amide bonds. The van der Waals surface area contributed by atoms with Crippen LogP contribution in [0.3, 0.4) is 0 Å². The first kappa shape index (κ1) is 19.3. The number of hydrogen-bond donors (Lipinski definition) is 1. The van der Waals surface area contributed by atoms with E-state index in [2.05, 4.69) is 6.92 Å². The van der Waals surface area contributed by atoms with E-state index in [1.54, 1.807) is 0 Å². The predicted molar refractivity (Wildman–Crippen MR) is 101 cm³/mol. The molecule has 1 N–H and O–H groups in total. The molecule has 2 aromatic rings. The van der Waals surface area contributed by atoms with E-state index in [4.69, 9.17) is 9.47 Å². The lowest BCUT2D eigenvalue weighted by atomic mass is 9.97. The summed E-state index contributed by atoms with van der Waals surface area (Å²) in [7, 11) is 0. The summed E-state index contributed by atoms with van der Waals surface area (Å²) in [5.41, 5.74) is 0.935. The average Bonchev–Trinajstić information content (AvgIpc) is 3.12. The van der Waals surface area contributed by atoms with Gasteiger partial charge < -0.3 is 14.6 Å². The Hall–Kier alpha value is -2.01. The molecule has 0 bridgehead atoms. The second-order valence-corrected chi connectivity index (χ2v) is 6.86. The number of rotatable bonds is 11. The molecule has 25 heavy (non-hydrogen) atoms. The second-order valence-electron chi connectivity index (χ2n) is 5.88. The van der Waals surface area contributed by atoms with Gasteiger partial charge in [0.2, 0.25) is 0 Å². The van der Waals surface area contributed by atoms with Crippen molar-refractivity contribution in [2.24, 2.45) is 0 Å². The maximum absolute atomic E-state index is 11.6. The van der Waals surface area contributed by atoms with Crippen molar-refractivity contribution in [1.82, 2.24) is 0 Å². The summed E-state index contributed by atoms with van der Waals surface area (Å²) >= 11 is 1.48. The van der Waals surface area contributed by atoms with Crippen LogP contribution in [-0.2, 0) is 11.2 Å². The maximum atomic E-state index is 11.6. The molecule has 136 valence electrons. The Bertz CT molecular complexity index is 652. The first-order valence-corrected chi connectivity index (χ1v) is 9.68. The molecule has 2 rings (SSSR count). The summed E-state index contributed by atoms with van der Waals surface area (Å²) in [5, 5.41) is 11.5. The zero-order valence-electron chi connectivity index (χ0n) is 14.9. The van der Waals surface area contributed by atoms with Crippen molar-refractivity contribution in [3.05, 3.63) is 46.2 Å². The van der Waals surface area contributed by atoms with Crippen LogP contribution >= 0.6 is 11.3 Å². The van der Waals surface area contributed by atoms with Gasteiger partial charge in [-0.3, -0.25) is 4.79 Å². The number of hydrogen-bond acceptors (Lipinski definition) is 4. The van der Waals surface area contributed by atoms with Crippen molar-refractivity contribution < 1.29 is 19.4 Å². The average molecular weight is 362 g/mol. The van der Waals surface area contributed by atoms with Crippen molar-refractivity contribution in [3.63, 3.8) is 0 Å². The van der Waals surface area contributed by atoms with E-state index in [0.29, 0.717) is 25.4 Å². The van der Waals surface area contributed by atoms with Gasteiger partial charge in [-0.05, 0) is 48.9 Å². The molecule has 0 radical (unpaired) electrons. The SMILES string of the molecule is CCCCCOc1ccc(CC(C(=O)O)c2cccs2)cc1OCC. The number of carboxylic acids is 1. The Kier molecular flexibility index (Phi) is 7.79. The molecular formula is C20H26O4S. The van der Waals surface area contributed by atoms with Gasteiger partial charge in [-0.25, -0.2) is 0 Å². The third-order valence-electron chi connectivity index (χ3n) is 3.94. The van der Waals surface area contributed by atoms with Crippen molar-refractivity contribution in [1.29, 1.82) is 0 Å². The standard InChI is InChI=1S/C20H26O4S/c1-3-5-6-11-24-17-10-9-15(14-18(17)23-4-2)13-16(20(21)22)19-8-7-12-25-19/h7-10,12,14,16H,3-6,11,13H2,1-2H3,(H,21,22). The zero-order chi connectivity index (χ0) is 18.1. The lowest BCUT2D eigenvalue weighted by Gasteiger charge is -2.15. The quantitative estimate of drug-likeness (QED) is 0.563. The summed E-state index contributed by atoms with van der Waals surface area (Å²) in [5.74, 6) is 0.0719. The lowest BCUT2D eigenvalue weighted by molar-refractivity contribution is -0.138. The highest BCUT2D eigenvalue weighted by atomic mass is 32.1. The normalized spacial score (nSPS) is 11.9. The fourth-order valence-corrected chi connectivity index (χ4v) is 3.46. The van der Waals surface area contributed by atoms with Gasteiger partial charge in [-0.1, -0.05) is 31.9 Å². The number of unbranched alkanes of at least 4 members (excludes halogenated alkanes) is 2. The van der Waals surface area contributed by atoms with E-state index < -0.39 is 11.9 Å². The highest BCUT2D eigenvalue weighted by Gasteiger charge is 2.22. The number of benzene rings is 1. The van der Waals surface area contributed by atoms with Crippen molar-refractivity contribution in [2.75, 3.05) is 13.2 Å². The third kappa shape index (κ3) is 5.78. The molecular weight excluding hydrogens is 336 g/mol. The van der Waals surface area contributed by atoms with Gasteiger partial charge in [-0.15, -0.1) is 11.3 Å². The van der Waals surface area contributed by atoms with Crippen LogP contribution in [0.25, 0.3) is 0 Å². The lowest BCUT2D eigenvalue weighted by Crippen LogP contribution is -2.13. The van der Waals surface area contributed by atoms with Crippen molar-refractivity contribution in [3.8, 4) is 11.5 Å². The van der Waals surface area contributed by atoms with Gasteiger partial charge in [0.05, 0.1) is 19.1 Å². The molecule has 1 unspecified atom stereocenters. The Labute approximate surface area is 153 Å². The van der Waals surface area contributed by atoms with Gasteiger partial charge in [0.1, 0.15) is 0 Å². The van der Waals surface area contributed by atoms with Crippen LogP contribution in [-0.4, -0.2) is 24.3 Å². The molecule has 0 aliphatic carbocycles. The molecule has 0 aliphatic heterocycles. The van der Waals surface area contributed by atoms with Gasteiger partial charge in [0.15, 0.2) is 11.5 Å². The molecule has 0 fully saturated rings. The number of carboxylic acid groups (broad SMARTS) is 1. The minimum Gasteiger partial charge on any atom is -0.490 e. The third-order valence-corrected chi connectivity index (χ3v) is 4.92. The molecule has 1 aromatic carbocycles. The Morgan fingerprint density at radius 2 is 2.00 bits per heavy atom. The van der Waals surface area contributed by atoms with Crippen LogP contribution in [0.1, 0.15) is 49.5 Å². The fraction of sp³-hybridized carbons (Fsp3) is 0.450. The van der Waals surface area contributed by atoms with Crippen LogP contribution in [0.15, 0.2) is 35.7 Å². The van der Waals surface area contributed by atoms with Gasteiger partial charge >= 0.3 is 5.97 Å². The number of ether oxygens (including phenoxy) is 2. The molecule has 0 aliphatic rings. The van der Waals surface area contributed by atoms with Crippen LogP contribution in [0.4, 0.5) is 0 Å². The van der Waals surface area contributed by atoms with E-state index in [0.717, 1.165) is 35.5 Å². The van der Waals surface area contributed by atoms with Crippen LogP contribution in [0.5, 0.6) is 11.5 Å². The monoisotopic (exact) mass is 362 g/mol. The smallest absolute Gasteiger partial charge is 0.312 e. The van der Waals surface area contributed by atoms with Gasteiger partial charge in [0, 0.05) is 4.88 Å². The minimum atomic E-state index is -0.805. The van der Waals surface area contributed by atoms with E-state index >= 15 is 0 Å². The van der Waals surface area contributed by atoms with E-state index in [1.807, 2.05) is 42.6 Å². The summed E-state index contributed by atoms with van der Waals surface area (Å²) in [4.78, 5) is 12.5. The van der Waals surface area contributed by atoms with Crippen molar-refractivity contribution >= 4 is 17.3 Å². The molecule has 0 spiro atoms. The Morgan fingerprint density at radius 1 is 1.16 bits per heavy atom. The second kappa shape index (κ2) is 10.1. The fourth-order valence-electron chi connectivity index (χ4n) is 2.64. The molecule has 1 aromatic heterocycles. The molecule has 4 nitrogen and oxygen atoms in total. The van der Waals surface area contributed by atoms with Gasteiger partial charge in [-0.2, -0.15) is 0 Å². The predicted octanol–water partition coefficient (Wildman–Crippen LogP) is 5.13. The van der Waals surface area contributed by atoms with Crippen LogP contribution < -0.4 is 9.47 Å². The number of carbonyl (C=O) groups is 1. The summed E-state index contributed by atoms with van der Waals surface area (Å²) < 4.78 is 11.5. The maximum Gasteiger partial charge on any atom is 0.312 e. The van der Waals surface area contributed by atoms with Crippen LogP contribution in [0.2, 0.25) is 0 Å². The van der Waals surface area contributed by atoms with Gasteiger partial charge in [0.25, 0.3) is 0 Å². The summed E-state index contributed by atoms with van der Waals surface area (Å²) in [6, 6.07) is 9.48. The molecule has 1 heterocycles. The Morgan fingerprint density at radius 3 is 2.64 bits per heavy atom. The first-order chi connectivity index (χ1) is 12.2.